The number of ether oxygens (including phenoxy) is 1. The van der Waals surface area contributed by atoms with E-state index in [1.807, 2.05) is 73.7 Å². The first-order valence-corrected chi connectivity index (χ1v) is 12.7. The van der Waals surface area contributed by atoms with Crippen molar-refractivity contribution in [3.05, 3.63) is 135 Å². The first-order valence-electron chi connectivity index (χ1n) is 12.0. The Labute approximate surface area is 227 Å². The summed E-state index contributed by atoms with van der Waals surface area (Å²) in [6.45, 7) is 4.19. The Kier molecular flexibility index (Phi) is 8.32. The molecule has 0 saturated heterocycles. The number of carbonyl (C=O) groups excluding carboxylic acids is 2. The molecule has 1 amide bonds. The lowest BCUT2D eigenvalue weighted by Gasteiger charge is -2.36. The van der Waals surface area contributed by atoms with Gasteiger partial charge in [-0.05, 0) is 66.9 Å². The van der Waals surface area contributed by atoms with Crippen molar-refractivity contribution in [2.75, 3.05) is 11.5 Å². The molecule has 4 aromatic rings. The SMILES string of the molecule is CCOC(=O)c1ccc(N(Cc2ccc(Cl)cc2Cl)C(=O)C(C)(c2ccccc2)c2ccccc2)cc1. The van der Waals surface area contributed by atoms with Crippen LogP contribution in [0.15, 0.2) is 103 Å². The monoisotopic (exact) mass is 531 g/mol. The normalized spacial score (nSPS) is 11.1. The first-order chi connectivity index (χ1) is 17.8. The molecule has 0 fully saturated rings. The molecule has 37 heavy (non-hydrogen) atoms. The Balaban J connectivity index is 1.84. The Morgan fingerprint density at radius 2 is 1.38 bits per heavy atom. The highest BCUT2D eigenvalue weighted by atomic mass is 35.5. The minimum Gasteiger partial charge on any atom is -0.462 e. The molecule has 0 radical (unpaired) electrons. The quantitative estimate of drug-likeness (QED) is 0.219. The maximum atomic E-state index is 14.6. The fourth-order valence-corrected chi connectivity index (χ4v) is 4.79. The van der Waals surface area contributed by atoms with E-state index in [1.165, 1.54) is 0 Å². The van der Waals surface area contributed by atoms with Gasteiger partial charge in [0.1, 0.15) is 0 Å². The third-order valence-electron chi connectivity index (χ3n) is 6.41. The highest BCUT2D eigenvalue weighted by Crippen LogP contribution is 2.37. The molecule has 4 rings (SSSR count). The highest BCUT2D eigenvalue weighted by Gasteiger charge is 2.40. The van der Waals surface area contributed by atoms with Crippen LogP contribution in [-0.2, 0) is 21.5 Å². The second-order valence-electron chi connectivity index (χ2n) is 8.75. The molecule has 0 spiro atoms. The van der Waals surface area contributed by atoms with Gasteiger partial charge in [-0.1, -0.05) is 89.9 Å². The minimum absolute atomic E-state index is 0.139. The number of halogens is 2. The number of carbonyl (C=O) groups is 2. The highest BCUT2D eigenvalue weighted by molar-refractivity contribution is 6.35. The fourth-order valence-electron chi connectivity index (χ4n) is 4.32. The van der Waals surface area contributed by atoms with Crippen molar-refractivity contribution in [3.63, 3.8) is 0 Å². The number of hydrogen-bond acceptors (Lipinski definition) is 3. The number of hydrogen-bond donors (Lipinski definition) is 0. The number of anilines is 1. The Hall–Kier alpha value is -3.60. The zero-order chi connectivity index (χ0) is 26.4. The molecular formula is C31H27Cl2NO3. The Morgan fingerprint density at radius 1 is 0.811 bits per heavy atom. The molecule has 0 unspecified atom stereocenters. The first kappa shape index (κ1) is 26.5. The fraction of sp³-hybridized carbons (Fsp3) is 0.161. The summed E-state index contributed by atoms with van der Waals surface area (Å²) >= 11 is 12.7. The lowest BCUT2D eigenvalue weighted by atomic mass is 9.75. The van der Waals surface area contributed by atoms with Crippen molar-refractivity contribution in [2.24, 2.45) is 0 Å². The topological polar surface area (TPSA) is 46.6 Å². The van der Waals surface area contributed by atoms with Crippen molar-refractivity contribution < 1.29 is 14.3 Å². The predicted molar refractivity (Wildman–Crippen MR) is 149 cm³/mol. The van der Waals surface area contributed by atoms with E-state index in [4.69, 9.17) is 27.9 Å². The zero-order valence-corrected chi connectivity index (χ0v) is 22.2. The van der Waals surface area contributed by atoms with Crippen molar-refractivity contribution in [1.29, 1.82) is 0 Å². The molecule has 6 heteroatoms. The van der Waals surface area contributed by atoms with E-state index in [0.29, 0.717) is 21.3 Å². The number of esters is 1. The van der Waals surface area contributed by atoms with E-state index in [0.717, 1.165) is 16.7 Å². The van der Waals surface area contributed by atoms with Gasteiger partial charge in [0.2, 0.25) is 5.91 Å². The average Bonchev–Trinajstić information content (AvgIpc) is 2.93. The van der Waals surface area contributed by atoms with E-state index in [-0.39, 0.29) is 19.1 Å². The summed E-state index contributed by atoms with van der Waals surface area (Å²) in [5.74, 6) is -0.550. The Morgan fingerprint density at radius 3 is 1.89 bits per heavy atom. The van der Waals surface area contributed by atoms with Crippen molar-refractivity contribution in [3.8, 4) is 0 Å². The van der Waals surface area contributed by atoms with Gasteiger partial charge in [-0.3, -0.25) is 4.79 Å². The van der Waals surface area contributed by atoms with Gasteiger partial charge < -0.3 is 9.64 Å². The van der Waals surface area contributed by atoms with E-state index in [9.17, 15) is 9.59 Å². The summed E-state index contributed by atoms with van der Waals surface area (Å²) in [4.78, 5) is 28.6. The molecule has 4 aromatic carbocycles. The van der Waals surface area contributed by atoms with Gasteiger partial charge >= 0.3 is 5.97 Å². The molecule has 0 aliphatic heterocycles. The molecule has 0 aliphatic carbocycles. The van der Waals surface area contributed by atoms with Crippen LogP contribution in [-0.4, -0.2) is 18.5 Å². The van der Waals surface area contributed by atoms with Crippen molar-refractivity contribution >= 4 is 40.8 Å². The predicted octanol–water partition coefficient (Wildman–Crippen LogP) is 7.71. The lowest BCUT2D eigenvalue weighted by Crippen LogP contribution is -2.46. The second-order valence-corrected chi connectivity index (χ2v) is 9.60. The molecule has 0 N–H and O–H groups in total. The summed E-state index contributed by atoms with van der Waals surface area (Å²) in [7, 11) is 0. The third-order valence-corrected chi connectivity index (χ3v) is 7.00. The summed E-state index contributed by atoms with van der Waals surface area (Å²) < 4.78 is 5.12. The number of benzene rings is 4. The van der Waals surface area contributed by atoms with Crippen LogP contribution in [0.1, 0.15) is 40.9 Å². The smallest absolute Gasteiger partial charge is 0.338 e. The van der Waals surface area contributed by atoms with Gasteiger partial charge in [0.25, 0.3) is 0 Å². The Bertz CT molecular complexity index is 1330. The van der Waals surface area contributed by atoms with Gasteiger partial charge in [0.05, 0.1) is 24.1 Å². The summed E-state index contributed by atoms with van der Waals surface area (Å²) in [5, 5.41) is 0.985. The van der Waals surface area contributed by atoms with Gasteiger partial charge in [0, 0.05) is 15.7 Å². The van der Waals surface area contributed by atoms with Crippen LogP contribution in [0.4, 0.5) is 5.69 Å². The lowest BCUT2D eigenvalue weighted by molar-refractivity contribution is -0.122. The van der Waals surface area contributed by atoms with E-state index < -0.39 is 11.4 Å². The minimum atomic E-state index is -0.999. The standard InChI is InChI=1S/C31H27Cl2NO3/c1-3-37-29(35)22-15-18-27(19-16-22)34(21-23-14-17-26(32)20-28(23)33)30(36)31(2,24-10-6-4-7-11-24)25-12-8-5-9-13-25/h4-20H,3,21H2,1-2H3. The van der Waals surface area contributed by atoms with Crippen LogP contribution in [0.3, 0.4) is 0 Å². The van der Waals surface area contributed by atoms with Crippen LogP contribution in [0.2, 0.25) is 10.0 Å². The van der Waals surface area contributed by atoms with E-state index in [1.54, 1.807) is 48.2 Å². The largest absolute Gasteiger partial charge is 0.462 e. The maximum absolute atomic E-state index is 14.6. The molecule has 4 nitrogen and oxygen atoms in total. The molecule has 0 aliphatic rings. The maximum Gasteiger partial charge on any atom is 0.338 e. The number of amides is 1. The second kappa shape index (κ2) is 11.6. The van der Waals surface area contributed by atoms with Crippen LogP contribution >= 0.6 is 23.2 Å². The molecule has 0 atom stereocenters. The molecule has 188 valence electrons. The molecule has 0 bridgehead atoms. The summed E-state index contributed by atoms with van der Waals surface area (Å²) in [6.07, 6.45) is 0. The number of rotatable bonds is 8. The van der Waals surface area contributed by atoms with Gasteiger partial charge in [0.15, 0.2) is 0 Å². The van der Waals surface area contributed by atoms with Crippen LogP contribution in [0.5, 0.6) is 0 Å². The third kappa shape index (κ3) is 5.71. The van der Waals surface area contributed by atoms with Crippen molar-refractivity contribution in [1.82, 2.24) is 0 Å². The summed E-state index contributed by atoms with van der Waals surface area (Å²) in [5.41, 5.74) is 2.51. The van der Waals surface area contributed by atoms with E-state index >= 15 is 0 Å². The summed E-state index contributed by atoms with van der Waals surface area (Å²) in [6, 6.07) is 31.5. The van der Waals surface area contributed by atoms with Crippen molar-refractivity contribution in [2.45, 2.75) is 25.8 Å². The molecule has 0 heterocycles. The average molecular weight is 532 g/mol. The molecular weight excluding hydrogens is 505 g/mol. The van der Waals surface area contributed by atoms with Crippen LogP contribution in [0, 0.1) is 0 Å². The van der Waals surface area contributed by atoms with Crippen LogP contribution in [0.25, 0.3) is 0 Å². The number of nitrogens with zero attached hydrogens (tertiary/aromatic N) is 1. The van der Waals surface area contributed by atoms with Gasteiger partial charge in [-0.2, -0.15) is 0 Å². The van der Waals surface area contributed by atoms with Crippen LogP contribution < -0.4 is 4.90 Å². The molecule has 0 saturated carbocycles. The molecule has 0 aromatic heterocycles. The zero-order valence-electron chi connectivity index (χ0n) is 20.7. The van der Waals surface area contributed by atoms with Gasteiger partial charge in [-0.15, -0.1) is 0 Å². The van der Waals surface area contributed by atoms with Gasteiger partial charge in [-0.25, -0.2) is 4.79 Å². The van der Waals surface area contributed by atoms with E-state index in [2.05, 4.69) is 0 Å².